The highest BCUT2D eigenvalue weighted by Gasteiger charge is 2.46. The van der Waals surface area contributed by atoms with Crippen LogP contribution in [0, 0.1) is 0 Å². The molecule has 2 heterocycles. The van der Waals surface area contributed by atoms with Crippen molar-refractivity contribution in [3.63, 3.8) is 0 Å². The number of nitrogens with one attached hydrogen (secondary N) is 2. The Bertz CT molecular complexity index is 1750. The number of aromatic amines is 1. The third kappa shape index (κ3) is 4.34. The number of H-pyrrole nitrogens is 1. The lowest BCUT2D eigenvalue weighted by Crippen LogP contribution is -2.38. The van der Waals surface area contributed by atoms with Gasteiger partial charge in [-0.05, 0) is 11.1 Å². The third-order valence-corrected chi connectivity index (χ3v) is 7.47. The van der Waals surface area contributed by atoms with Crippen molar-refractivity contribution in [1.29, 1.82) is 0 Å². The van der Waals surface area contributed by atoms with Gasteiger partial charge in [0.2, 0.25) is 0 Å². The largest absolute Gasteiger partial charge is 0.337 e. The summed E-state index contributed by atoms with van der Waals surface area (Å²) in [4.78, 5) is 27.2. The van der Waals surface area contributed by atoms with E-state index in [4.69, 9.17) is 9.98 Å². The lowest BCUT2D eigenvalue weighted by molar-refractivity contribution is -0.122. The maximum Gasteiger partial charge on any atom is 0.262 e. The first-order valence-corrected chi connectivity index (χ1v) is 13.6. The molecule has 0 saturated carbocycles. The number of hydrogen-bond donors (Lipinski definition) is 2. The minimum atomic E-state index is -1.15. The van der Waals surface area contributed by atoms with Crippen molar-refractivity contribution in [2.75, 3.05) is 0 Å². The fraction of sp³-hybridized carbons (Fsp3) is 0.0278. The van der Waals surface area contributed by atoms with Crippen molar-refractivity contribution in [2.24, 2.45) is 4.99 Å². The van der Waals surface area contributed by atoms with Crippen LogP contribution in [0.2, 0.25) is 0 Å². The number of aliphatic imine (C=N–C) groups is 1. The first-order valence-electron chi connectivity index (χ1n) is 13.6. The quantitative estimate of drug-likeness (QED) is 0.238. The summed E-state index contributed by atoms with van der Waals surface area (Å²) in [7, 11) is 0. The van der Waals surface area contributed by atoms with Crippen LogP contribution in [0.15, 0.2) is 151 Å². The van der Waals surface area contributed by atoms with Gasteiger partial charge >= 0.3 is 0 Å². The number of rotatable bonds is 6. The van der Waals surface area contributed by atoms with Gasteiger partial charge in [-0.25, -0.2) is 9.98 Å². The molecule has 0 bridgehead atoms. The van der Waals surface area contributed by atoms with Gasteiger partial charge in [0.25, 0.3) is 5.91 Å². The van der Waals surface area contributed by atoms with E-state index in [2.05, 4.69) is 34.6 Å². The Morgan fingerprint density at radius 2 is 1.00 bits per heavy atom. The molecule has 41 heavy (non-hydrogen) atoms. The Labute approximate surface area is 238 Å². The summed E-state index contributed by atoms with van der Waals surface area (Å²) in [6.45, 7) is 0. The Kier molecular flexibility index (Phi) is 6.10. The third-order valence-electron chi connectivity index (χ3n) is 7.47. The highest BCUT2D eigenvalue weighted by atomic mass is 16.2. The molecule has 5 heteroatoms. The van der Waals surface area contributed by atoms with Crippen LogP contribution in [0.4, 0.5) is 0 Å². The molecular formula is C36H26N4O. The molecule has 196 valence electrons. The number of hydrogen-bond acceptors (Lipinski definition) is 3. The van der Waals surface area contributed by atoms with Gasteiger partial charge in [-0.2, -0.15) is 0 Å². The van der Waals surface area contributed by atoms with E-state index in [9.17, 15) is 4.79 Å². The molecule has 2 N–H and O–H groups in total. The first-order chi connectivity index (χ1) is 20.2. The van der Waals surface area contributed by atoms with Gasteiger partial charge in [-0.1, -0.05) is 146 Å². The van der Waals surface area contributed by atoms with Crippen LogP contribution in [0.25, 0.3) is 33.9 Å². The Hall–Kier alpha value is -5.55. The van der Waals surface area contributed by atoms with E-state index < -0.39 is 5.54 Å². The number of carbonyl (C=O) groups excluding carboxylic acids is 1. The van der Waals surface area contributed by atoms with E-state index in [1.807, 2.05) is 121 Å². The SMILES string of the molecule is O=C1NC(c2ccc(-c3nc(-c4ccccc4)c(-c4ccccc4)[nH]3)cc2)=NC1(c1ccccc1)c1ccccc1. The van der Waals surface area contributed by atoms with E-state index in [1.54, 1.807) is 0 Å². The van der Waals surface area contributed by atoms with E-state index in [0.29, 0.717) is 5.84 Å². The molecule has 0 saturated heterocycles. The van der Waals surface area contributed by atoms with Crippen LogP contribution >= 0.6 is 0 Å². The maximum absolute atomic E-state index is 13.6. The molecule has 0 fully saturated rings. The molecule has 1 aromatic heterocycles. The number of aromatic nitrogens is 2. The van der Waals surface area contributed by atoms with Gasteiger partial charge < -0.3 is 10.3 Å². The maximum atomic E-state index is 13.6. The molecule has 5 nitrogen and oxygen atoms in total. The Balaban J connectivity index is 1.28. The molecule has 0 atom stereocenters. The summed E-state index contributed by atoms with van der Waals surface area (Å²) in [6.07, 6.45) is 0. The van der Waals surface area contributed by atoms with Gasteiger partial charge in [0.15, 0.2) is 5.54 Å². The van der Waals surface area contributed by atoms with Gasteiger partial charge in [0.05, 0.1) is 11.4 Å². The van der Waals surface area contributed by atoms with Crippen molar-refractivity contribution in [1.82, 2.24) is 15.3 Å². The van der Waals surface area contributed by atoms with Crippen molar-refractivity contribution < 1.29 is 4.79 Å². The lowest BCUT2D eigenvalue weighted by Gasteiger charge is -2.24. The second-order valence-corrected chi connectivity index (χ2v) is 9.98. The molecule has 1 amide bonds. The van der Waals surface area contributed by atoms with Gasteiger partial charge in [0.1, 0.15) is 11.7 Å². The van der Waals surface area contributed by atoms with Crippen LogP contribution in [-0.2, 0) is 10.3 Å². The number of amides is 1. The first kappa shape index (κ1) is 24.5. The zero-order valence-corrected chi connectivity index (χ0v) is 22.2. The normalized spacial score (nSPS) is 14.0. The topological polar surface area (TPSA) is 70.1 Å². The highest BCUT2D eigenvalue weighted by Crippen LogP contribution is 2.38. The smallest absolute Gasteiger partial charge is 0.262 e. The summed E-state index contributed by atoms with van der Waals surface area (Å²) >= 11 is 0. The van der Waals surface area contributed by atoms with Crippen LogP contribution in [0.5, 0.6) is 0 Å². The molecule has 0 radical (unpaired) electrons. The number of amidine groups is 1. The van der Waals surface area contributed by atoms with Gasteiger partial charge in [-0.15, -0.1) is 0 Å². The van der Waals surface area contributed by atoms with Crippen LogP contribution in [-0.4, -0.2) is 21.7 Å². The predicted octanol–water partition coefficient (Wildman–Crippen LogP) is 7.23. The summed E-state index contributed by atoms with van der Waals surface area (Å²) in [6, 6.07) is 47.9. The van der Waals surface area contributed by atoms with Crippen LogP contribution in [0.1, 0.15) is 16.7 Å². The lowest BCUT2D eigenvalue weighted by atomic mass is 9.83. The van der Waals surface area contributed by atoms with Crippen molar-refractivity contribution in [3.8, 4) is 33.9 Å². The standard InChI is InChI=1S/C36H26N4O/c41-35-36(29-17-9-3-10-18-29,30-19-11-4-12-20-30)40-34(39-35)28-23-21-27(22-24-28)33-37-31(25-13-5-1-6-14-25)32(38-33)26-15-7-2-8-16-26/h1-24H,(H,37,38)(H,39,40,41). The molecule has 1 aliphatic rings. The number of benzene rings is 5. The zero-order chi connectivity index (χ0) is 27.6. The molecular weight excluding hydrogens is 504 g/mol. The Morgan fingerprint density at radius 1 is 0.512 bits per heavy atom. The van der Waals surface area contributed by atoms with E-state index in [-0.39, 0.29) is 5.91 Å². The molecule has 1 aliphatic heterocycles. The fourth-order valence-corrected chi connectivity index (χ4v) is 5.41. The second kappa shape index (κ2) is 10.2. The van der Waals surface area contributed by atoms with Crippen molar-refractivity contribution >= 4 is 11.7 Å². The van der Waals surface area contributed by atoms with Crippen molar-refractivity contribution in [3.05, 3.63) is 162 Å². The molecule has 0 unspecified atom stereocenters. The van der Waals surface area contributed by atoms with E-state index >= 15 is 0 Å². The summed E-state index contributed by atoms with van der Waals surface area (Å²) in [5.41, 5.74) is 6.27. The molecule has 5 aromatic carbocycles. The van der Waals surface area contributed by atoms with E-state index in [1.165, 1.54) is 0 Å². The number of carbonyl (C=O) groups is 1. The van der Waals surface area contributed by atoms with Gasteiger partial charge in [0, 0.05) is 22.3 Å². The molecule has 0 aliphatic carbocycles. The van der Waals surface area contributed by atoms with Gasteiger partial charge in [-0.3, -0.25) is 4.79 Å². The number of nitrogens with zero attached hydrogens (tertiary/aromatic N) is 2. The second-order valence-electron chi connectivity index (χ2n) is 9.98. The average molecular weight is 531 g/mol. The predicted molar refractivity (Wildman–Crippen MR) is 163 cm³/mol. The fourth-order valence-electron chi connectivity index (χ4n) is 5.41. The summed E-state index contributed by atoms with van der Waals surface area (Å²) in [5, 5.41) is 3.06. The average Bonchev–Trinajstić information content (AvgIpc) is 3.66. The summed E-state index contributed by atoms with van der Waals surface area (Å²) in [5.74, 6) is 1.15. The molecule has 0 spiro atoms. The minimum absolute atomic E-state index is 0.167. The van der Waals surface area contributed by atoms with Crippen LogP contribution < -0.4 is 5.32 Å². The minimum Gasteiger partial charge on any atom is -0.337 e. The molecule has 7 rings (SSSR count). The highest BCUT2D eigenvalue weighted by molar-refractivity contribution is 6.16. The van der Waals surface area contributed by atoms with Crippen LogP contribution in [0.3, 0.4) is 0 Å². The van der Waals surface area contributed by atoms with Crippen molar-refractivity contribution in [2.45, 2.75) is 5.54 Å². The summed E-state index contributed by atoms with van der Waals surface area (Å²) < 4.78 is 0. The zero-order valence-electron chi connectivity index (χ0n) is 22.2. The molecule has 6 aromatic rings. The van der Waals surface area contributed by atoms with E-state index in [0.717, 1.165) is 50.6 Å². The Morgan fingerprint density at radius 3 is 1.56 bits per heavy atom. The number of imidazole rings is 1. The monoisotopic (exact) mass is 530 g/mol.